The monoisotopic (exact) mass is 316 g/mol. The van der Waals surface area contributed by atoms with Crippen molar-refractivity contribution in [1.82, 2.24) is 0 Å². The van der Waals surface area contributed by atoms with E-state index in [-0.39, 0.29) is 0 Å². The van der Waals surface area contributed by atoms with E-state index in [2.05, 4.69) is 10.2 Å². The second-order valence-corrected chi connectivity index (χ2v) is 4.75. The van der Waals surface area contributed by atoms with Crippen LogP contribution in [0.3, 0.4) is 0 Å². The molecule has 0 bridgehead atoms. The van der Waals surface area contributed by atoms with Crippen LogP contribution in [0.2, 0.25) is 0 Å². The minimum absolute atomic E-state index is 0.311. The second kappa shape index (κ2) is 8.11. The van der Waals surface area contributed by atoms with E-state index in [9.17, 15) is 9.59 Å². The Labute approximate surface area is 138 Å². The summed E-state index contributed by atoms with van der Waals surface area (Å²) in [5.41, 5.74) is 0.622. The molecule has 0 radical (unpaired) electrons. The van der Waals surface area contributed by atoms with E-state index in [1.54, 1.807) is 72.8 Å². The Morgan fingerprint density at radius 1 is 0.708 bits per heavy atom. The molecule has 0 fully saturated rings. The van der Waals surface area contributed by atoms with Crippen LogP contribution in [0.4, 0.5) is 0 Å². The van der Waals surface area contributed by atoms with Gasteiger partial charge in [0.1, 0.15) is 0 Å². The van der Waals surface area contributed by atoms with E-state index in [4.69, 9.17) is 10.5 Å². The Kier molecular flexibility index (Phi) is 5.65. The molecule has 24 heavy (non-hydrogen) atoms. The van der Waals surface area contributed by atoms with Gasteiger partial charge in [-0.2, -0.15) is 20.8 Å². The van der Waals surface area contributed by atoms with Gasteiger partial charge in [0, 0.05) is 11.1 Å². The Morgan fingerprint density at radius 2 is 1.04 bits per heavy atom. The first-order valence-corrected chi connectivity index (χ1v) is 7.05. The highest BCUT2D eigenvalue weighted by Crippen LogP contribution is 2.10. The molecular formula is C18H12N4O2. The van der Waals surface area contributed by atoms with Crippen LogP contribution in [0.5, 0.6) is 0 Å². The molecule has 116 valence electrons. The van der Waals surface area contributed by atoms with Crippen molar-refractivity contribution in [3.63, 3.8) is 0 Å². The van der Waals surface area contributed by atoms with Gasteiger partial charge in [-0.3, -0.25) is 9.59 Å². The molecule has 0 N–H and O–H groups in total. The number of hydrogen-bond acceptors (Lipinski definition) is 6. The highest BCUT2D eigenvalue weighted by Gasteiger charge is 2.22. The predicted octanol–water partition coefficient (Wildman–Crippen LogP) is 2.99. The van der Waals surface area contributed by atoms with Crippen molar-refractivity contribution in [3.8, 4) is 12.1 Å². The van der Waals surface area contributed by atoms with Crippen LogP contribution >= 0.6 is 0 Å². The van der Waals surface area contributed by atoms with Crippen LogP contribution in [-0.4, -0.2) is 23.7 Å². The lowest BCUT2D eigenvalue weighted by atomic mass is 10.1. The summed E-state index contributed by atoms with van der Waals surface area (Å²) in [5, 5.41) is 25.4. The van der Waals surface area contributed by atoms with Crippen LogP contribution in [0.25, 0.3) is 0 Å². The summed E-state index contributed by atoms with van der Waals surface area (Å²) in [6, 6.07) is 17.0. The molecule has 0 aliphatic heterocycles. The van der Waals surface area contributed by atoms with Crippen LogP contribution in [0.15, 0.2) is 70.9 Å². The quantitative estimate of drug-likeness (QED) is 0.603. The average molecular weight is 316 g/mol. The van der Waals surface area contributed by atoms with Gasteiger partial charge in [-0.15, -0.1) is 0 Å². The number of azo groups is 1. The van der Waals surface area contributed by atoms with Crippen molar-refractivity contribution in [3.05, 3.63) is 71.8 Å². The number of Topliss-reactive ketones (excluding diaryl/α,β-unsaturated/α-hetero) is 2. The molecule has 0 aromatic heterocycles. The number of rotatable bonds is 6. The molecule has 0 saturated carbocycles. The smallest absolute Gasteiger partial charge is 0.219 e. The van der Waals surface area contributed by atoms with Crippen molar-refractivity contribution in [2.24, 2.45) is 10.2 Å². The summed E-state index contributed by atoms with van der Waals surface area (Å²) in [7, 11) is 0. The molecule has 2 aromatic rings. The van der Waals surface area contributed by atoms with Crippen molar-refractivity contribution >= 4 is 11.6 Å². The average Bonchev–Trinajstić information content (AvgIpc) is 2.66. The van der Waals surface area contributed by atoms with Crippen molar-refractivity contribution in [1.29, 1.82) is 10.5 Å². The van der Waals surface area contributed by atoms with Gasteiger partial charge in [-0.05, 0) is 0 Å². The Balaban J connectivity index is 2.17. The summed E-state index contributed by atoms with van der Waals surface area (Å²) in [4.78, 5) is 24.3. The fraction of sp³-hybridized carbons (Fsp3) is 0.111. The standard InChI is InChI=1S/C18H12N4O2/c19-11-15(17(23)13-7-3-1-4-8-13)21-22-16(12-20)18(24)14-9-5-2-6-10-14/h1-10,15-16H. The largest absolute Gasteiger partial charge is 0.290 e. The lowest BCUT2D eigenvalue weighted by Crippen LogP contribution is -2.20. The molecule has 2 unspecified atom stereocenters. The first kappa shape index (κ1) is 16.7. The molecule has 0 heterocycles. The molecule has 2 rings (SSSR count). The van der Waals surface area contributed by atoms with E-state index < -0.39 is 23.7 Å². The van der Waals surface area contributed by atoms with Crippen molar-refractivity contribution in [2.45, 2.75) is 12.1 Å². The van der Waals surface area contributed by atoms with Gasteiger partial charge in [0.2, 0.25) is 23.7 Å². The Bertz CT molecular complexity index is 761. The van der Waals surface area contributed by atoms with Crippen molar-refractivity contribution in [2.75, 3.05) is 0 Å². The molecular weight excluding hydrogens is 304 g/mol. The van der Waals surface area contributed by atoms with E-state index in [1.807, 2.05) is 0 Å². The van der Waals surface area contributed by atoms with E-state index >= 15 is 0 Å². The molecule has 0 aliphatic carbocycles. The third-order valence-corrected chi connectivity index (χ3v) is 3.16. The minimum atomic E-state index is -1.40. The maximum atomic E-state index is 12.2. The fourth-order valence-electron chi connectivity index (χ4n) is 1.93. The lowest BCUT2D eigenvalue weighted by molar-refractivity contribution is 0.0959. The van der Waals surface area contributed by atoms with Crippen molar-refractivity contribution < 1.29 is 9.59 Å². The second-order valence-electron chi connectivity index (χ2n) is 4.75. The van der Waals surface area contributed by atoms with Gasteiger partial charge >= 0.3 is 0 Å². The van der Waals surface area contributed by atoms with E-state index in [0.717, 1.165) is 0 Å². The van der Waals surface area contributed by atoms with Gasteiger partial charge in [0.15, 0.2) is 0 Å². The zero-order valence-electron chi connectivity index (χ0n) is 12.5. The van der Waals surface area contributed by atoms with Gasteiger partial charge < -0.3 is 0 Å². The number of carbonyl (C=O) groups excluding carboxylic acids is 2. The third-order valence-electron chi connectivity index (χ3n) is 3.16. The lowest BCUT2D eigenvalue weighted by Gasteiger charge is -2.04. The first-order valence-electron chi connectivity index (χ1n) is 7.05. The van der Waals surface area contributed by atoms with E-state index in [1.165, 1.54) is 0 Å². The van der Waals surface area contributed by atoms with Gasteiger partial charge in [0.05, 0.1) is 12.1 Å². The summed E-state index contributed by atoms with van der Waals surface area (Å²) < 4.78 is 0. The topological polar surface area (TPSA) is 106 Å². The highest BCUT2D eigenvalue weighted by molar-refractivity contribution is 6.02. The highest BCUT2D eigenvalue weighted by atomic mass is 16.1. The molecule has 0 spiro atoms. The molecule has 0 saturated heterocycles. The number of benzene rings is 2. The Morgan fingerprint density at radius 3 is 1.33 bits per heavy atom. The van der Waals surface area contributed by atoms with Crippen LogP contribution in [0, 0.1) is 22.7 Å². The summed E-state index contributed by atoms with van der Waals surface area (Å²) in [5.74, 6) is -1.07. The summed E-state index contributed by atoms with van der Waals surface area (Å²) in [6.07, 6.45) is 0. The Hall–Kier alpha value is -3.64. The third kappa shape index (κ3) is 3.96. The normalized spacial score (nSPS) is 12.8. The zero-order valence-corrected chi connectivity index (χ0v) is 12.5. The van der Waals surface area contributed by atoms with Gasteiger partial charge in [-0.1, -0.05) is 60.7 Å². The number of hydrogen-bond donors (Lipinski definition) is 0. The van der Waals surface area contributed by atoms with Crippen LogP contribution in [0.1, 0.15) is 20.7 Å². The molecule has 0 aliphatic rings. The van der Waals surface area contributed by atoms with Crippen LogP contribution in [-0.2, 0) is 0 Å². The molecule has 6 nitrogen and oxygen atoms in total. The number of nitrogens with zero attached hydrogens (tertiary/aromatic N) is 4. The molecule has 2 atom stereocenters. The summed E-state index contributed by atoms with van der Waals surface area (Å²) in [6.45, 7) is 0. The van der Waals surface area contributed by atoms with Gasteiger partial charge in [0.25, 0.3) is 0 Å². The van der Waals surface area contributed by atoms with Gasteiger partial charge in [-0.25, -0.2) is 0 Å². The predicted molar refractivity (Wildman–Crippen MR) is 85.2 cm³/mol. The molecule has 6 heteroatoms. The fourth-order valence-corrected chi connectivity index (χ4v) is 1.93. The van der Waals surface area contributed by atoms with E-state index in [0.29, 0.717) is 11.1 Å². The zero-order chi connectivity index (χ0) is 17.4. The first-order chi connectivity index (χ1) is 11.7. The maximum Gasteiger partial charge on any atom is 0.219 e. The number of ketones is 2. The summed E-state index contributed by atoms with van der Waals surface area (Å²) >= 11 is 0. The SMILES string of the molecule is N#CC(N=NC(C#N)C(=O)c1ccccc1)C(=O)c1ccccc1. The maximum absolute atomic E-state index is 12.2. The molecule has 2 aromatic carbocycles. The number of nitriles is 2. The van der Waals surface area contributed by atoms with Crippen LogP contribution < -0.4 is 0 Å². The molecule has 0 amide bonds. The number of carbonyl (C=O) groups is 2. The minimum Gasteiger partial charge on any atom is -0.290 e.